The Kier molecular flexibility index (Phi) is 7.37. The average Bonchev–Trinajstić information content (AvgIpc) is 3.59. The Hall–Kier alpha value is -3.19. The van der Waals surface area contributed by atoms with E-state index in [-0.39, 0.29) is 29.8 Å². The molecule has 2 fully saturated rings. The van der Waals surface area contributed by atoms with Crippen molar-refractivity contribution in [2.24, 2.45) is 5.92 Å². The highest BCUT2D eigenvalue weighted by atomic mass is 16.2. The maximum absolute atomic E-state index is 14.0. The molecular formula is C29H37N5O2. The highest BCUT2D eigenvalue weighted by Gasteiger charge is 2.39. The molecular weight excluding hydrogens is 450 g/mol. The summed E-state index contributed by atoms with van der Waals surface area (Å²) in [4.78, 5) is 36.9. The number of likely N-dealkylation sites (tertiary alicyclic amines) is 1. The summed E-state index contributed by atoms with van der Waals surface area (Å²) in [6.45, 7) is 2.55. The minimum atomic E-state index is -0.468. The van der Waals surface area contributed by atoms with Gasteiger partial charge in [0.2, 0.25) is 11.8 Å². The summed E-state index contributed by atoms with van der Waals surface area (Å²) >= 11 is 0. The first-order valence-electron chi connectivity index (χ1n) is 13.4. The van der Waals surface area contributed by atoms with E-state index in [1.54, 1.807) is 7.05 Å². The van der Waals surface area contributed by atoms with Crippen molar-refractivity contribution in [3.63, 3.8) is 0 Å². The number of aromatic nitrogens is 2. The monoisotopic (exact) mass is 487 g/mol. The number of nitrogens with zero attached hydrogens (tertiary/aromatic N) is 2. The van der Waals surface area contributed by atoms with E-state index in [0.29, 0.717) is 0 Å². The van der Waals surface area contributed by atoms with Gasteiger partial charge < -0.3 is 20.5 Å². The van der Waals surface area contributed by atoms with Crippen LogP contribution in [0.1, 0.15) is 63.5 Å². The largest absolute Gasteiger partial charge is 0.360 e. The van der Waals surface area contributed by atoms with E-state index in [4.69, 9.17) is 0 Å². The van der Waals surface area contributed by atoms with Crippen molar-refractivity contribution in [1.82, 2.24) is 25.5 Å². The predicted molar refractivity (Wildman–Crippen MR) is 142 cm³/mol. The van der Waals surface area contributed by atoms with Crippen LogP contribution in [0.5, 0.6) is 0 Å². The molecule has 1 saturated carbocycles. The minimum absolute atomic E-state index is 0.00540. The van der Waals surface area contributed by atoms with E-state index in [1.165, 1.54) is 6.42 Å². The first-order valence-corrected chi connectivity index (χ1v) is 13.4. The fourth-order valence-electron chi connectivity index (χ4n) is 5.90. The fourth-order valence-corrected chi connectivity index (χ4v) is 5.90. The summed E-state index contributed by atoms with van der Waals surface area (Å²) in [5, 5.41) is 7.27. The van der Waals surface area contributed by atoms with Gasteiger partial charge in [0.1, 0.15) is 6.04 Å². The van der Waals surface area contributed by atoms with Gasteiger partial charge in [-0.25, -0.2) is 0 Å². The van der Waals surface area contributed by atoms with Crippen molar-refractivity contribution in [1.29, 1.82) is 0 Å². The molecule has 1 aliphatic carbocycles. The normalized spacial score (nSPS) is 20.4. The number of para-hydroxylation sites is 1. The molecule has 0 radical (unpaired) electrons. The molecule has 2 aliphatic rings. The maximum atomic E-state index is 14.0. The molecule has 3 atom stereocenters. The topological polar surface area (TPSA) is 90.1 Å². The molecule has 0 bridgehead atoms. The number of carbonyl (C=O) groups is 2. The summed E-state index contributed by atoms with van der Waals surface area (Å²) in [5.41, 5.74) is 4.16. The molecule has 3 heterocycles. The molecule has 1 saturated heterocycles. The van der Waals surface area contributed by atoms with Crippen LogP contribution in [-0.4, -0.2) is 52.4 Å². The molecule has 1 aromatic carbocycles. The summed E-state index contributed by atoms with van der Waals surface area (Å²) in [6, 6.07) is 11.6. The first kappa shape index (κ1) is 24.5. The molecule has 7 nitrogen and oxygen atoms in total. The van der Waals surface area contributed by atoms with Crippen LogP contribution >= 0.6 is 0 Å². The Balaban J connectivity index is 1.41. The Bertz CT molecular complexity index is 1220. The van der Waals surface area contributed by atoms with Crippen LogP contribution in [-0.2, 0) is 9.59 Å². The van der Waals surface area contributed by atoms with E-state index in [2.05, 4.69) is 38.8 Å². The van der Waals surface area contributed by atoms with Gasteiger partial charge in [-0.15, -0.1) is 0 Å². The number of nitrogens with one attached hydrogen (secondary N) is 3. The van der Waals surface area contributed by atoms with E-state index in [0.717, 1.165) is 72.8 Å². The molecule has 1 aliphatic heterocycles. The van der Waals surface area contributed by atoms with Crippen LogP contribution < -0.4 is 10.6 Å². The molecule has 2 aromatic heterocycles. The van der Waals surface area contributed by atoms with Gasteiger partial charge >= 0.3 is 0 Å². The van der Waals surface area contributed by atoms with Gasteiger partial charge in [0.05, 0.1) is 17.8 Å². The van der Waals surface area contributed by atoms with Gasteiger partial charge in [-0.3, -0.25) is 14.6 Å². The number of fused-ring (bicyclic) bond motifs is 1. The molecule has 7 heteroatoms. The van der Waals surface area contributed by atoms with E-state index < -0.39 is 6.04 Å². The van der Waals surface area contributed by atoms with Gasteiger partial charge in [0.15, 0.2) is 0 Å². The molecule has 3 N–H and O–H groups in total. The number of H-pyrrole nitrogens is 1. The Morgan fingerprint density at radius 1 is 1.08 bits per heavy atom. The second kappa shape index (κ2) is 10.8. The quantitative estimate of drug-likeness (QED) is 0.456. The lowest BCUT2D eigenvalue weighted by Crippen LogP contribution is -2.55. The third-order valence-corrected chi connectivity index (χ3v) is 8.08. The number of amides is 2. The number of carbonyl (C=O) groups excluding carboxylic acids is 2. The number of hydrogen-bond donors (Lipinski definition) is 3. The van der Waals surface area contributed by atoms with E-state index in [1.807, 2.05) is 42.4 Å². The van der Waals surface area contributed by atoms with Crippen molar-refractivity contribution in [3.8, 4) is 11.3 Å². The molecule has 190 valence electrons. The van der Waals surface area contributed by atoms with Gasteiger partial charge in [-0.05, 0) is 69.3 Å². The second-order valence-corrected chi connectivity index (χ2v) is 10.3. The molecule has 5 rings (SSSR count). The number of rotatable bonds is 7. The van der Waals surface area contributed by atoms with Crippen LogP contribution in [0.2, 0.25) is 0 Å². The third-order valence-electron chi connectivity index (χ3n) is 8.08. The SMILES string of the molecule is CNC(C)C(=O)NC(C(=O)N1CCCC1c1ccnc(-c2c[nH]c3ccccc23)c1)C1CCCCC1. The van der Waals surface area contributed by atoms with Crippen molar-refractivity contribution in [2.75, 3.05) is 13.6 Å². The van der Waals surface area contributed by atoms with E-state index in [9.17, 15) is 9.59 Å². The standard InChI is InChI=1S/C29H37N5O2/c1-19(30-2)28(35)33-27(20-9-4-3-5-10-20)29(36)34-16-8-13-26(34)21-14-15-31-25(17-21)23-18-32-24-12-7-6-11-22(23)24/h6-7,11-12,14-15,17-20,26-27,30,32H,3-5,8-10,13,16H2,1-2H3,(H,33,35). The van der Waals surface area contributed by atoms with Crippen molar-refractivity contribution >= 4 is 22.7 Å². The number of hydrogen-bond acceptors (Lipinski definition) is 4. The van der Waals surface area contributed by atoms with Gasteiger partial charge in [-0.2, -0.15) is 0 Å². The zero-order valence-electron chi connectivity index (χ0n) is 21.3. The highest BCUT2D eigenvalue weighted by molar-refractivity contribution is 5.94. The van der Waals surface area contributed by atoms with Gasteiger partial charge in [-0.1, -0.05) is 37.5 Å². The van der Waals surface area contributed by atoms with Crippen LogP contribution in [0.25, 0.3) is 22.2 Å². The number of pyridine rings is 1. The summed E-state index contributed by atoms with van der Waals surface area (Å²) < 4.78 is 0. The Morgan fingerprint density at radius 2 is 1.89 bits per heavy atom. The van der Waals surface area contributed by atoms with Crippen LogP contribution in [0.15, 0.2) is 48.8 Å². The fraction of sp³-hybridized carbons (Fsp3) is 0.483. The minimum Gasteiger partial charge on any atom is -0.360 e. The summed E-state index contributed by atoms with van der Waals surface area (Å²) in [6.07, 6.45) is 11.2. The number of likely N-dealkylation sites (N-methyl/N-ethyl adjacent to an activating group) is 1. The lowest BCUT2D eigenvalue weighted by Gasteiger charge is -2.35. The molecule has 3 aromatic rings. The average molecular weight is 488 g/mol. The van der Waals surface area contributed by atoms with Crippen LogP contribution in [0.3, 0.4) is 0 Å². The second-order valence-electron chi connectivity index (χ2n) is 10.3. The van der Waals surface area contributed by atoms with Crippen LogP contribution in [0, 0.1) is 5.92 Å². The van der Waals surface area contributed by atoms with Gasteiger partial charge in [0.25, 0.3) is 0 Å². The number of aromatic amines is 1. The van der Waals surface area contributed by atoms with Crippen LogP contribution in [0.4, 0.5) is 0 Å². The zero-order valence-corrected chi connectivity index (χ0v) is 21.3. The summed E-state index contributed by atoms with van der Waals surface area (Å²) in [7, 11) is 1.77. The summed E-state index contributed by atoms with van der Waals surface area (Å²) in [5.74, 6) is 0.147. The Morgan fingerprint density at radius 3 is 2.69 bits per heavy atom. The lowest BCUT2D eigenvalue weighted by atomic mass is 9.83. The maximum Gasteiger partial charge on any atom is 0.245 e. The zero-order chi connectivity index (χ0) is 25.1. The Labute approximate surface area is 213 Å². The van der Waals surface area contributed by atoms with Crippen molar-refractivity contribution in [2.45, 2.75) is 70.0 Å². The molecule has 0 spiro atoms. The predicted octanol–water partition coefficient (Wildman–Crippen LogP) is 4.57. The number of benzene rings is 1. The van der Waals surface area contributed by atoms with Gasteiger partial charge in [0, 0.05) is 35.4 Å². The smallest absolute Gasteiger partial charge is 0.245 e. The van der Waals surface area contributed by atoms with E-state index >= 15 is 0 Å². The molecule has 2 amide bonds. The highest BCUT2D eigenvalue weighted by Crippen LogP contribution is 2.37. The van der Waals surface area contributed by atoms with Crippen molar-refractivity contribution < 1.29 is 9.59 Å². The lowest BCUT2D eigenvalue weighted by molar-refractivity contribution is -0.139. The first-order chi connectivity index (χ1) is 17.6. The van der Waals surface area contributed by atoms with Crippen molar-refractivity contribution in [3.05, 3.63) is 54.4 Å². The molecule has 36 heavy (non-hydrogen) atoms. The third kappa shape index (κ3) is 4.89. The molecule has 3 unspecified atom stereocenters.